The summed E-state index contributed by atoms with van der Waals surface area (Å²) in [5.41, 5.74) is 0.179. The lowest BCUT2D eigenvalue weighted by Gasteiger charge is -2.14. The fourth-order valence-electron chi connectivity index (χ4n) is 1.75. The molecule has 0 unspecified atom stereocenters. The van der Waals surface area contributed by atoms with Crippen molar-refractivity contribution in [2.24, 2.45) is 0 Å². The molecule has 6 heteroatoms. The molecule has 21 heavy (non-hydrogen) atoms. The smallest absolute Gasteiger partial charge is 0.305 e. The molecule has 0 aromatic heterocycles. The maximum Gasteiger partial charge on any atom is 0.305 e. The highest BCUT2D eigenvalue weighted by atomic mass is 16.5. The van der Waals surface area contributed by atoms with Gasteiger partial charge in [-0.25, -0.2) is 0 Å². The molecular formula is C15H21NO5. The van der Waals surface area contributed by atoms with Crippen LogP contribution in [0, 0.1) is 0 Å². The minimum absolute atomic E-state index is 0.0315. The molecule has 0 saturated carbocycles. The van der Waals surface area contributed by atoms with E-state index in [1.165, 1.54) is 6.92 Å². The van der Waals surface area contributed by atoms with Crippen LogP contribution in [0.4, 0.5) is 0 Å². The third-order valence-electron chi connectivity index (χ3n) is 3.08. The van der Waals surface area contributed by atoms with Crippen molar-refractivity contribution in [1.82, 2.24) is 5.32 Å². The monoisotopic (exact) mass is 295 g/mol. The second-order valence-electron chi connectivity index (χ2n) is 4.83. The molecule has 2 N–H and O–H groups in total. The summed E-state index contributed by atoms with van der Waals surface area (Å²) in [7, 11) is 0. The van der Waals surface area contributed by atoms with Crippen LogP contribution >= 0.6 is 0 Å². The fourth-order valence-corrected chi connectivity index (χ4v) is 1.75. The summed E-state index contributed by atoms with van der Waals surface area (Å²) < 4.78 is 5.00. The van der Waals surface area contributed by atoms with Gasteiger partial charge in [-0.3, -0.25) is 14.4 Å². The topological polar surface area (TPSA) is 92.7 Å². The number of allylic oxidation sites excluding steroid dienone is 2. The third kappa shape index (κ3) is 5.06. The molecule has 0 aromatic carbocycles. The number of unbranched alkanes of at least 4 members (excludes halogenated alkanes) is 1. The van der Waals surface area contributed by atoms with Crippen LogP contribution in [-0.2, 0) is 19.1 Å². The van der Waals surface area contributed by atoms with Gasteiger partial charge in [0.1, 0.15) is 0 Å². The fraction of sp³-hybridized carbons (Fsp3) is 0.533. The highest BCUT2D eigenvalue weighted by Gasteiger charge is 2.24. The summed E-state index contributed by atoms with van der Waals surface area (Å²) in [5.74, 6) is -1.77. The van der Waals surface area contributed by atoms with Crippen LogP contribution in [0.5, 0.6) is 0 Å². The Morgan fingerprint density at radius 1 is 1.33 bits per heavy atom. The predicted octanol–water partition coefficient (Wildman–Crippen LogP) is 1.57. The van der Waals surface area contributed by atoms with E-state index in [9.17, 15) is 19.5 Å². The average molecular weight is 295 g/mol. The van der Waals surface area contributed by atoms with Crippen molar-refractivity contribution in [3.8, 4) is 0 Å². The van der Waals surface area contributed by atoms with Crippen LogP contribution in [0.3, 0.4) is 0 Å². The number of esters is 1. The van der Waals surface area contributed by atoms with Gasteiger partial charge in [0, 0.05) is 24.6 Å². The van der Waals surface area contributed by atoms with Gasteiger partial charge < -0.3 is 15.2 Å². The minimum atomic E-state index is -0.589. The van der Waals surface area contributed by atoms with Crippen LogP contribution in [-0.4, -0.2) is 35.8 Å². The molecule has 6 nitrogen and oxygen atoms in total. The van der Waals surface area contributed by atoms with Crippen molar-refractivity contribution < 1.29 is 24.2 Å². The van der Waals surface area contributed by atoms with Gasteiger partial charge >= 0.3 is 5.97 Å². The van der Waals surface area contributed by atoms with E-state index in [2.05, 4.69) is 5.32 Å². The molecule has 1 aliphatic rings. The molecular weight excluding hydrogens is 274 g/mol. The lowest BCUT2D eigenvalue weighted by atomic mass is 10.00. The number of nitrogens with one attached hydrogen (secondary N) is 1. The van der Waals surface area contributed by atoms with Crippen molar-refractivity contribution >= 4 is 17.5 Å². The number of Topliss-reactive ketones (excluding diaryl/α,β-unsaturated/α-hetero) is 1. The standard InChI is InChI=1S/C15H21NO5/c1-3-4-8-21-13(18)6-5-7-16-11-9-12(17)15(20)10(2)14(11)19/h9,16,20H,3-8H2,1-2H3. The number of rotatable bonds is 8. The Morgan fingerprint density at radius 2 is 2.05 bits per heavy atom. The van der Waals surface area contributed by atoms with Gasteiger partial charge in [-0.2, -0.15) is 0 Å². The van der Waals surface area contributed by atoms with Gasteiger partial charge in [0.2, 0.25) is 11.6 Å². The Hall–Kier alpha value is -2.11. The zero-order valence-electron chi connectivity index (χ0n) is 12.4. The molecule has 0 heterocycles. The highest BCUT2D eigenvalue weighted by molar-refractivity contribution is 6.21. The van der Waals surface area contributed by atoms with E-state index in [0.717, 1.165) is 18.9 Å². The molecule has 0 aliphatic heterocycles. The van der Waals surface area contributed by atoms with E-state index in [-0.39, 0.29) is 23.7 Å². The minimum Gasteiger partial charge on any atom is -0.504 e. The first kappa shape index (κ1) is 16.9. The summed E-state index contributed by atoms with van der Waals surface area (Å²) in [6.45, 7) is 4.23. The normalized spacial score (nSPS) is 15.0. The van der Waals surface area contributed by atoms with Gasteiger partial charge in [-0.1, -0.05) is 13.3 Å². The van der Waals surface area contributed by atoms with Crippen molar-refractivity contribution in [2.75, 3.05) is 13.2 Å². The number of ether oxygens (including phenoxy) is 1. The number of hydrogen-bond acceptors (Lipinski definition) is 6. The Labute approximate surface area is 123 Å². The van der Waals surface area contributed by atoms with Crippen LogP contribution < -0.4 is 5.32 Å². The first-order valence-electron chi connectivity index (χ1n) is 7.07. The zero-order chi connectivity index (χ0) is 15.8. The molecule has 0 radical (unpaired) electrons. The Balaban J connectivity index is 2.31. The zero-order valence-corrected chi connectivity index (χ0v) is 12.4. The van der Waals surface area contributed by atoms with Gasteiger partial charge in [-0.15, -0.1) is 0 Å². The average Bonchev–Trinajstić information content (AvgIpc) is 2.46. The summed E-state index contributed by atoms with van der Waals surface area (Å²) in [6, 6.07) is 0. The maximum absolute atomic E-state index is 11.8. The van der Waals surface area contributed by atoms with E-state index in [1.807, 2.05) is 6.92 Å². The lowest BCUT2D eigenvalue weighted by molar-refractivity contribution is -0.143. The van der Waals surface area contributed by atoms with Crippen molar-refractivity contribution in [1.29, 1.82) is 0 Å². The maximum atomic E-state index is 11.8. The molecule has 1 aliphatic carbocycles. The van der Waals surface area contributed by atoms with E-state index >= 15 is 0 Å². The van der Waals surface area contributed by atoms with Gasteiger partial charge in [-0.05, 0) is 19.8 Å². The molecule has 116 valence electrons. The van der Waals surface area contributed by atoms with E-state index in [0.29, 0.717) is 19.6 Å². The van der Waals surface area contributed by atoms with E-state index in [4.69, 9.17) is 4.74 Å². The molecule has 0 spiro atoms. The molecule has 0 amide bonds. The van der Waals surface area contributed by atoms with Gasteiger partial charge in [0.05, 0.1) is 12.3 Å². The van der Waals surface area contributed by atoms with E-state index in [1.54, 1.807) is 0 Å². The summed E-state index contributed by atoms with van der Waals surface area (Å²) in [5, 5.41) is 12.2. The quantitative estimate of drug-likeness (QED) is 0.401. The number of hydrogen-bond donors (Lipinski definition) is 2. The highest BCUT2D eigenvalue weighted by Crippen LogP contribution is 2.15. The molecule has 0 fully saturated rings. The summed E-state index contributed by atoms with van der Waals surface area (Å²) in [4.78, 5) is 34.5. The lowest BCUT2D eigenvalue weighted by Crippen LogP contribution is -2.28. The van der Waals surface area contributed by atoms with Crippen molar-refractivity contribution in [2.45, 2.75) is 39.5 Å². The molecule has 1 rings (SSSR count). The number of carbonyl (C=O) groups excluding carboxylic acids is 3. The first-order chi connectivity index (χ1) is 9.97. The van der Waals surface area contributed by atoms with Crippen LogP contribution in [0.1, 0.15) is 39.5 Å². The number of carbonyl (C=O) groups is 3. The number of aliphatic hydroxyl groups is 1. The van der Waals surface area contributed by atoms with Crippen LogP contribution in [0.15, 0.2) is 23.1 Å². The molecule has 0 bridgehead atoms. The SMILES string of the molecule is CCCCOC(=O)CCCNC1=CC(=O)C(O)=C(C)C1=O. The van der Waals surface area contributed by atoms with Gasteiger partial charge in [0.15, 0.2) is 5.76 Å². The Morgan fingerprint density at radius 3 is 2.71 bits per heavy atom. The molecule has 0 saturated heterocycles. The molecule has 0 atom stereocenters. The number of ketones is 2. The van der Waals surface area contributed by atoms with E-state index < -0.39 is 17.3 Å². The van der Waals surface area contributed by atoms with Gasteiger partial charge in [0.25, 0.3) is 0 Å². The summed E-state index contributed by atoms with van der Waals surface area (Å²) in [6.07, 6.45) is 3.65. The largest absolute Gasteiger partial charge is 0.504 e. The third-order valence-corrected chi connectivity index (χ3v) is 3.08. The van der Waals surface area contributed by atoms with Crippen LogP contribution in [0.2, 0.25) is 0 Å². The Bertz CT molecular complexity index is 490. The Kier molecular flexibility index (Phi) is 6.65. The first-order valence-corrected chi connectivity index (χ1v) is 7.07. The van der Waals surface area contributed by atoms with Crippen LogP contribution in [0.25, 0.3) is 0 Å². The second-order valence-corrected chi connectivity index (χ2v) is 4.83. The van der Waals surface area contributed by atoms with Crippen molar-refractivity contribution in [3.63, 3.8) is 0 Å². The summed E-state index contributed by atoms with van der Waals surface area (Å²) >= 11 is 0. The predicted molar refractivity (Wildman–Crippen MR) is 76.5 cm³/mol. The molecule has 0 aromatic rings. The van der Waals surface area contributed by atoms with Crippen molar-refractivity contribution in [3.05, 3.63) is 23.1 Å². The number of aliphatic hydroxyl groups excluding tert-OH is 1. The second kappa shape index (κ2) is 8.24.